The summed E-state index contributed by atoms with van der Waals surface area (Å²) in [5, 5.41) is 6.22. The largest absolute Gasteiger partial charge is 0.333 e. The molecule has 3 nitrogen and oxygen atoms in total. The summed E-state index contributed by atoms with van der Waals surface area (Å²) in [6.45, 7) is 5.45. The van der Waals surface area contributed by atoms with Crippen molar-refractivity contribution >= 4 is 33.5 Å². The summed E-state index contributed by atoms with van der Waals surface area (Å²) in [5.41, 5.74) is 2.05. The summed E-state index contributed by atoms with van der Waals surface area (Å²) < 4.78 is 0. The summed E-state index contributed by atoms with van der Waals surface area (Å²) >= 11 is 1.85. The third kappa shape index (κ3) is 2.96. The molecule has 2 heterocycles. The van der Waals surface area contributed by atoms with Crippen molar-refractivity contribution in [3.63, 3.8) is 0 Å². The molecule has 0 spiro atoms. The number of rotatable bonds is 3. The fraction of sp³-hybridized carbons (Fsp3) is 0.375. The minimum absolute atomic E-state index is 0.612. The standard InChI is InChI=1S/C16H19N3S/c1-11(2)9-13-10-18-16(20-13)19-14-7-3-5-12-6-4-8-17-15(12)14/h3-8,11,13H,9-10H2,1-2H3,(H,18,19). The molecule has 0 amide bonds. The van der Waals surface area contributed by atoms with E-state index in [0.717, 1.165) is 34.2 Å². The van der Waals surface area contributed by atoms with Crippen molar-refractivity contribution in [1.29, 1.82) is 0 Å². The van der Waals surface area contributed by atoms with Gasteiger partial charge < -0.3 is 5.32 Å². The molecule has 3 rings (SSSR count). The molecule has 0 saturated heterocycles. The van der Waals surface area contributed by atoms with Gasteiger partial charge in [0.05, 0.1) is 17.7 Å². The van der Waals surface area contributed by atoms with E-state index in [9.17, 15) is 0 Å². The monoisotopic (exact) mass is 285 g/mol. The average Bonchev–Trinajstić information content (AvgIpc) is 2.86. The van der Waals surface area contributed by atoms with Gasteiger partial charge in [-0.3, -0.25) is 9.98 Å². The predicted octanol–water partition coefficient (Wildman–Crippen LogP) is 4.16. The average molecular weight is 285 g/mol. The second-order valence-corrected chi connectivity index (χ2v) is 6.81. The van der Waals surface area contributed by atoms with Gasteiger partial charge in [0.1, 0.15) is 0 Å². The van der Waals surface area contributed by atoms with Gasteiger partial charge in [-0.1, -0.05) is 43.8 Å². The highest BCUT2D eigenvalue weighted by atomic mass is 32.2. The van der Waals surface area contributed by atoms with Crippen molar-refractivity contribution in [2.45, 2.75) is 25.5 Å². The number of hydrogen-bond donors (Lipinski definition) is 1. The normalized spacial score (nSPS) is 18.6. The van der Waals surface area contributed by atoms with E-state index in [1.54, 1.807) is 0 Å². The Hall–Kier alpha value is -1.55. The van der Waals surface area contributed by atoms with Crippen LogP contribution in [0.4, 0.5) is 5.69 Å². The highest BCUT2D eigenvalue weighted by molar-refractivity contribution is 8.15. The molecule has 20 heavy (non-hydrogen) atoms. The summed E-state index contributed by atoms with van der Waals surface area (Å²) in [5.74, 6) is 0.723. The molecular weight excluding hydrogens is 266 g/mol. The predicted molar refractivity (Wildman–Crippen MR) is 88.5 cm³/mol. The van der Waals surface area contributed by atoms with Crippen LogP contribution in [0, 0.1) is 5.92 Å². The maximum absolute atomic E-state index is 4.61. The molecule has 4 heteroatoms. The summed E-state index contributed by atoms with van der Waals surface area (Å²) in [7, 11) is 0. The van der Waals surface area contributed by atoms with Crippen molar-refractivity contribution in [2.75, 3.05) is 11.9 Å². The smallest absolute Gasteiger partial charge is 0.161 e. The molecule has 1 atom stereocenters. The van der Waals surface area contributed by atoms with Crippen LogP contribution in [0.25, 0.3) is 10.9 Å². The van der Waals surface area contributed by atoms with Gasteiger partial charge in [0.15, 0.2) is 5.17 Å². The molecule has 1 unspecified atom stereocenters. The number of nitrogens with zero attached hydrogens (tertiary/aromatic N) is 2. The molecule has 1 aliphatic heterocycles. The molecule has 0 aliphatic carbocycles. The molecule has 1 aliphatic rings. The lowest BCUT2D eigenvalue weighted by Crippen LogP contribution is -2.10. The number of aliphatic imine (C=N–C) groups is 1. The molecule has 0 radical (unpaired) electrons. The molecule has 1 aromatic heterocycles. The third-order valence-electron chi connectivity index (χ3n) is 3.33. The first-order chi connectivity index (χ1) is 9.72. The van der Waals surface area contributed by atoms with E-state index >= 15 is 0 Å². The van der Waals surface area contributed by atoms with Gasteiger partial charge in [-0.2, -0.15) is 0 Å². The topological polar surface area (TPSA) is 37.3 Å². The Kier molecular flexibility index (Phi) is 3.92. The van der Waals surface area contributed by atoms with Crippen LogP contribution in [-0.2, 0) is 0 Å². The SMILES string of the molecule is CC(C)CC1CN=C(Nc2cccc3cccnc23)S1. The minimum atomic E-state index is 0.612. The second kappa shape index (κ2) is 5.83. The molecular formula is C16H19N3S. The number of benzene rings is 1. The van der Waals surface area contributed by atoms with Crippen LogP contribution in [0.3, 0.4) is 0 Å². The molecule has 1 aromatic carbocycles. The fourth-order valence-electron chi connectivity index (χ4n) is 2.45. The summed E-state index contributed by atoms with van der Waals surface area (Å²) in [4.78, 5) is 9.08. The number of nitrogens with one attached hydrogen (secondary N) is 1. The van der Waals surface area contributed by atoms with Crippen LogP contribution in [-0.4, -0.2) is 21.9 Å². The highest BCUT2D eigenvalue weighted by Crippen LogP contribution is 2.29. The number of amidine groups is 1. The fourth-order valence-corrected chi connectivity index (χ4v) is 3.72. The number of para-hydroxylation sites is 1. The number of anilines is 1. The molecule has 0 bridgehead atoms. The lowest BCUT2D eigenvalue weighted by atomic mass is 10.1. The Bertz CT molecular complexity index is 631. The Morgan fingerprint density at radius 1 is 1.30 bits per heavy atom. The van der Waals surface area contributed by atoms with Crippen LogP contribution in [0.2, 0.25) is 0 Å². The van der Waals surface area contributed by atoms with Crippen LogP contribution < -0.4 is 5.32 Å². The van der Waals surface area contributed by atoms with Crippen LogP contribution in [0.5, 0.6) is 0 Å². The van der Waals surface area contributed by atoms with E-state index in [2.05, 4.69) is 53.4 Å². The zero-order valence-corrected chi connectivity index (χ0v) is 12.7. The van der Waals surface area contributed by atoms with E-state index in [-0.39, 0.29) is 0 Å². The first-order valence-corrected chi connectivity index (χ1v) is 7.92. The van der Waals surface area contributed by atoms with Crippen LogP contribution in [0.15, 0.2) is 41.5 Å². The zero-order chi connectivity index (χ0) is 13.9. The van der Waals surface area contributed by atoms with E-state index < -0.39 is 0 Å². The van der Waals surface area contributed by atoms with Gasteiger partial charge in [-0.25, -0.2) is 0 Å². The maximum Gasteiger partial charge on any atom is 0.161 e. The van der Waals surface area contributed by atoms with E-state index in [1.807, 2.05) is 24.0 Å². The Morgan fingerprint density at radius 3 is 3.00 bits per heavy atom. The Labute approximate surface area is 123 Å². The first kappa shape index (κ1) is 13.4. The van der Waals surface area contributed by atoms with E-state index in [0.29, 0.717) is 5.25 Å². The van der Waals surface area contributed by atoms with Crippen molar-refractivity contribution in [3.8, 4) is 0 Å². The Balaban J connectivity index is 1.75. The van der Waals surface area contributed by atoms with Gasteiger partial charge in [0.25, 0.3) is 0 Å². The number of thioether (sulfide) groups is 1. The van der Waals surface area contributed by atoms with Gasteiger partial charge in [-0.15, -0.1) is 0 Å². The summed E-state index contributed by atoms with van der Waals surface area (Å²) in [6.07, 6.45) is 3.05. The van der Waals surface area contributed by atoms with Gasteiger partial charge in [0.2, 0.25) is 0 Å². The van der Waals surface area contributed by atoms with Crippen LogP contribution >= 0.6 is 11.8 Å². The van der Waals surface area contributed by atoms with Crippen molar-refractivity contribution in [3.05, 3.63) is 36.5 Å². The number of hydrogen-bond acceptors (Lipinski definition) is 4. The van der Waals surface area contributed by atoms with Gasteiger partial charge in [0, 0.05) is 16.8 Å². The Morgan fingerprint density at radius 2 is 2.15 bits per heavy atom. The lowest BCUT2D eigenvalue weighted by Gasteiger charge is -2.12. The number of fused-ring (bicyclic) bond motifs is 1. The minimum Gasteiger partial charge on any atom is -0.333 e. The second-order valence-electron chi connectivity index (χ2n) is 5.52. The summed E-state index contributed by atoms with van der Waals surface area (Å²) in [6, 6.07) is 10.2. The first-order valence-electron chi connectivity index (χ1n) is 7.04. The van der Waals surface area contributed by atoms with Crippen molar-refractivity contribution in [2.24, 2.45) is 10.9 Å². The van der Waals surface area contributed by atoms with Crippen molar-refractivity contribution < 1.29 is 0 Å². The quantitative estimate of drug-likeness (QED) is 0.920. The van der Waals surface area contributed by atoms with Crippen LogP contribution in [0.1, 0.15) is 20.3 Å². The zero-order valence-electron chi connectivity index (χ0n) is 11.8. The third-order valence-corrected chi connectivity index (χ3v) is 4.45. The maximum atomic E-state index is 4.61. The van der Waals surface area contributed by atoms with Crippen molar-refractivity contribution in [1.82, 2.24) is 4.98 Å². The molecule has 0 fully saturated rings. The number of aromatic nitrogens is 1. The molecule has 2 aromatic rings. The molecule has 104 valence electrons. The lowest BCUT2D eigenvalue weighted by molar-refractivity contribution is 0.575. The molecule has 0 saturated carbocycles. The van der Waals surface area contributed by atoms with E-state index in [4.69, 9.17) is 0 Å². The number of pyridine rings is 1. The highest BCUT2D eigenvalue weighted by Gasteiger charge is 2.21. The van der Waals surface area contributed by atoms with Gasteiger partial charge in [-0.05, 0) is 24.5 Å². The van der Waals surface area contributed by atoms with E-state index in [1.165, 1.54) is 6.42 Å². The molecule has 1 N–H and O–H groups in total. The van der Waals surface area contributed by atoms with Gasteiger partial charge >= 0.3 is 0 Å².